The topological polar surface area (TPSA) is 54.0 Å². The van der Waals surface area contributed by atoms with E-state index in [0.717, 1.165) is 5.56 Å². The maximum absolute atomic E-state index is 13.6. The third-order valence-electron chi connectivity index (χ3n) is 4.05. The highest BCUT2D eigenvalue weighted by atomic mass is 19.1. The van der Waals surface area contributed by atoms with Crippen LogP contribution in [0.1, 0.15) is 21.5 Å². The number of nitrogens with one attached hydrogen (secondary N) is 2. The minimum absolute atomic E-state index is 0.251. The molecule has 2 N–H and O–H groups in total. The molecular weight excluding hydrogens is 348 g/mol. The highest BCUT2D eigenvalue weighted by Crippen LogP contribution is 2.10. The van der Waals surface area contributed by atoms with E-state index >= 15 is 0 Å². The van der Waals surface area contributed by atoms with Crippen LogP contribution >= 0.6 is 0 Å². The summed E-state index contributed by atoms with van der Waals surface area (Å²) in [6, 6.07) is 15.9. The number of anilines is 1. The molecule has 2 aromatic carbocycles. The zero-order valence-corrected chi connectivity index (χ0v) is 14.6. The van der Waals surface area contributed by atoms with E-state index in [9.17, 15) is 13.6 Å². The van der Waals surface area contributed by atoms with Crippen molar-refractivity contribution in [1.29, 1.82) is 0 Å². The molecule has 0 bridgehead atoms. The van der Waals surface area contributed by atoms with Gasteiger partial charge in [-0.3, -0.25) is 4.79 Å². The van der Waals surface area contributed by atoms with Gasteiger partial charge in [0, 0.05) is 24.8 Å². The fraction of sp³-hybridized carbons (Fsp3) is 0.143. The van der Waals surface area contributed by atoms with Gasteiger partial charge in [0.15, 0.2) is 0 Å². The Balaban J connectivity index is 1.53. The average Bonchev–Trinajstić information content (AvgIpc) is 2.69. The minimum atomic E-state index is -0.286. The van der Waals surface area contributed by atoms with Gasteiger partial charge in [-0.25, -0.2) is 13.8 Å². The smallest absolute Gasteiger partial charge is 0.251 e. The molecule has 0 spiro atoms. The molecule has 1 amide bonds. The van der Waals surface area contributed by atoms with E-state index in [0.29, 0.717) is 36.5 Å². The molecule has 0 atom stereocenters. The Bertz CT molecular complexity index is 913. The van der Waals surface area contributed by atoms with Gasteiger partial charge in [0.25, 0.3) is 5.91 Å². The maximum atomic E-state index is 13.6. The second kappa shape index (κ2) is 8.89. The summed E-state index contributed by atoms with van der Waals surface area (Å²) in [5, 5.41) is 5.88. The second-order valence-electron chi connectivity index (χ2n) is 6.01. The SMILES string of the molecule is O=C(NCCc1ccccc1F)c1ccnc(NCc2ccc(F)cc2)c1. The summed E-state index contributed by atoms with van der Waals surface area (Å²) in [5.74, 6) is -0.270. The fourth-order valence-electron chi connectivity index (χ4n) is 2.58. The number of carbonyl (C=O) groups excluding carboxylic acids is 1. The first-order chi connectivity index (χ1) is 13.1. The third-order valence-corrected chi connectivity index (χ3v) is 4.05. The first-order valence-electron chi connectivity index (χ1n) is 8.58. The lowest BCUT2D eigenvalue weighted by Gasteiger charge is -2.09. The highest BCUT2D eigenvalue weighted by Gasteiger charge is 2.08. The molecule has 0 radical (unpaired) electrons. The first kappa shape index (κ1) is 18.5. The van der Waals surface area contributed by atoms with Crippen LogP contribution in [-0.4, -0.2) is 17.4 Å². The summed E-state index contributed by atoms with van der Waals surface area (Å²) in [6.45, 7) is 0.798. The molecule has 3 rings (SSSR count). The van der Waals surface area contributed by atoms with Crippen LogP contribution in [0.25, 0.3) is 0 Å². The van der Waals surface area contributed by atoms with E-state index in [1.54, 1.807) is 48.7 Å². The summed E-state index contributed by atoms with van der Waals surface area (Å²) < 4.78 is 26.5. The summed E-state index contributed by atoms with van der Waals surface area (Å²) in [5.41, 5.74) is 1.92. The molecule has 6 heteroatoms. The molecule has 4 nitrogen and oxygen atoms in total. The van der Waals surface area contributed by atoms with Crippen LogP contribution in [-0.2, 0) is 13.0 Å². The molecule has 0 saturated heterocycles. The van der Waals surface area contributed by atoms with Gasteiger partial charge in [-0.05, 0) is 47.9 Å². The molecule has 0 fully saturated rings. The van der Waals surface area contributed by atoms with Crippen molar-refractivity contribution in [3.05, 3.63) is 95.2 Å². The number of aromatic nitrogens is 1. The number of carbonyl (C=O) groups is 1. The number of pyridine rings is 1. The first-order valence-corrected chi connectivity index (χ1v) is 8.58. The zero-order chi connectivity index (χ0) is 19.1. The number of halogens is 2. The average molecular weight is 367 g/mol. The normalized spacial score (nSPS) is 10.4. The van der Waals surface area contributed by atoms with Gasteiger partial charge >= 0.3 is 0 Å². The Morgan fingerprint density at radius 2 is 1.78 bits per heavy atom. The lowest BCUT2D eigenvalue weighted by Crippen LogP contribution is -2.26. The van der Waals surface area contributed by atoms with E-state index in [-0.39, 0.29) is 17.5 Å². The Morgan fingerprint density at radius 1 is 1.00 bits per heavy atom. The predicted octanol–water partition coefficient (Wildman–Crippen LogP) is 3.94. The standard InChI is InChI=1S/C21H19F2N3O/c22-18-7-5-15(6-8-18)14-26-20-13-17(10-11-24-20)21(27)25-12-9-16-3-1-2-4-19(16)23/h1-8,10-11,13H,9,12,14H2,(H,24,26)(H,25,27). The maximum Gasteiger partial charge on any atom is 0.251 e. The van der Waals surface area contributed by atoms with Crippen molar-refractivity contribution < 1.29 is 13.6 Å². The van der Waals surface area contributed by atoms with Gasteiger partial charge in [0.1, 0.15) is 17.5 Å². The molecule has 138 valence electrons. The van der Waals surface area contributed by atoms with E-state index in [4.69, 9.17) is 0 Å². The Labute approximate surface area is 156 Å². The van der Waals surface area contributed by atoms with Crippen molar-refractivity contribution >= 4 is 11.7 Å². The summed E-state index contributed by atoms with van der Waals surface area (Å²) in [7, 11) is 0. The fourth-order valence-corrected chi connectivity index (χ4v) is 2.58. The number of benzene rings is 2. The van der Waals surface area contributed by atoms with Crippen LogP contribution in [0.15, 0.2) is 66.9 Å². The summed E-state index contributed by atoms with van der Waals surface area (Å²) in [4.78, 5) is 16.5. The Hall–Kier alpha value is -3.28. The predicted molar refractivity (Wildman–Crippen MR) is 100 cm³/mol. The molecule has 0 unspecified atom stereocenters. The van der Waals surface area contributed by atoms with E-state index < -0.39 is 0 Å². The molecule has 0 aliphatic carbocycles. The lowest BCUT2D eigenvalue weighted by molar-refractivity contribution is 0.0954. The highest BCUT2D eigenvalue weighted by molar-refractivity contribution is 5.94. The van der Waals surface area contributed by atoms with Crippen LogP contribution in [0, 0.1) is 11.6 Å². The number of amides is 1. The van der Waals surface area contributed by atoms with Crippen molar-refractivity contribution in [2.24, 2.45) is 0 Å². The number of hydrogen-bond acceptors (Lipinski definition) is 3. The van der Waals surface area contributed by atoms with Gasteiger partial charge in [0.05, 0.1) is 0 Å². The van der Waals surface area contributed by atoms with Crippen LogP contribution in [0.3, 0.4) is 0 Å². The number of rotatable bonds is 7. The van der Waals surface area contributed by atoms with Gasteiger partial charge in [0.2, 0.25) is 0 Å². The Kier molecular flexibility index (Phi) is 6.10. The van der Waals surface area contributed by atoms with Crippen molar-refractivity contribution in [3.8, 4) is 0 Å². The molecular formula is C21H19F2N3O. The molecule has 1 aromatic heterocycles. The quantitative estimate of drug-likeness (QED) is 0.665. The molecule has 27 heavy (non-hydrogen) atoms. The molecule has 0 aliphatic rings. The number of nitrogens with zero attached hydrogens (tertiary/aromatic N) is 1. The largest absolute Gasteiger partial charge is 0.366 e. The van der Waals surface area contributed by atoms with Gasteiger partial charge in [-0.15, -0.1) is 0 Å². The number of hydrogen-bond donors (Lipinski definition) is 2. The molecule has 0 aliphatic heterocycles. The second-order valence-corrected chi connectivity index (χ2v) is 6.01. The van der Waals surface area contributed by atoms with Crippen LogP contribution in [0.5, 0.6) is 0 Å². The lowest BCUT2D eigenvalue weighted by atomic mass is 10.1. The van der Waals surface area contributed by atoms with Gasteiger partial charge in [-0.2, -0.15) is 0 Å². The van der Waals surface area contributed by atoms with Crippen LogP contribution < -0.4 is 10.6 Å². The van der Waals surface area contributed by atoms with E-state index in [1.165, 1.54) is 18.2 Å². The summed E-state index contributed by atoms with van der Waals surface area (Å²) in [6.07, 6.45) is 1.96. The monoisotopic (exact) mass is 367 g/mol. The van der Waals surface area contributed by atoms with Crippen molar-refractivity contribution in [1.82, 2.24) is 10.3 Å². The van der Waals surface area contributed by atoms with Gasteiger partial charge < -0.3 is 10.6 Å². The molecule has 3 aromatic rings. The van der Waals surface area contributed by atoms with E-state index in [2.05, 4.69) is 15.6 Å². The summed E-state index contributed by atoms with van der Waals surface area (Å²) >= 11 is 0. The Morgan fingerprint density at radius 3 is 2.56 bits per heavy atom. The van der Waals surface area contributed by atoms with Crippen LogP contribution in [0.2, 0.25) is 0 Å². The van der Waals surface area contributed by atoms with E-state index in [1.807, 2.05) is 0 Å². The zero-order valence-electron chi connectivity index (χ0n) is 14.6. The minimum Gasteiger partial charge on any atom is -0.366 e. The molecule has 0 saturated carbocycles. The third kappa shape index (κ3) is 5.34. The van der Waals surface area contributed by atoms with Crippen molar-refractivity contribution in [2.45, 2.75) is 13.0 Å². The molecule has 1 heterocycles. The van der Waals surface area contributed by atoms with Crippen molar-refractivity contribution in [2.75, 3.05) is 11.9 Å². The van der Waals surface area contributed by atoms with Crippen LogP contribution in [0.4, 0.5) is 14.6 Å². The van der Waals surface area contributed by atoms with Crippen molar-refractivity contribution in [3.63, 3.8) is 0 Å². The van der Waals surface area contributed by atoms with Gasteiger partial charge in [-0.1, -0.05) is 30.3 Å².